The number of carbonyl (C=O) groups excluding carboxylic acids is 2. The molecule has 2 N–H and O–H groups in total. The summed E-state index contributed by atoms with van der Waals surface area (Å²) in [6.07, 6.45) is 2.18. The quantitative estimate of drug-likeness (QED) is 0.674. The molecule has 0 unspecified atom stereocenters. The number of fused-ring (bicyclic) bond motifs is 2. The fourth-order valence-corrected chi connectivity index (χ4v) is 4.48. The van der Waals surface area contributed by atoms with Crippen LogP contribution in [0.15, 0.2) is 36.5 Å². The number of nitrogens with one attached hydrogen (secondary N) is 1. The van der Waals surface area contributed by atoms with Crippen LogP contribution in [0.5, 0.6) is 5.75 Å². The second-order valence-electron chi connectivity index (χ2n) is 8.59. The second-order valence-corrected chi connectivity index (χ2v) is 8.59. The van der Waals surface area contributed by atoms with Gasteiger partial charge in [-0.15, -0.1) is 0 Å². The molecule has 3 aromatic rings. The van der Waals surface area contributed by atoms with Crippen LogP contribution in [0.2, 0.25) is 0 Å². The van der Waals surface area contributed by atoms with Gasteiger partial charge in [0, 0.05) is 32.1 Å². The molecule has 2 aromatic carbocycles. The highest BCUT2D eigenvalue weighted by molar-refractivity contribution is 6.08. The van der Waals surface area contributed by atoms with Crippen molar-refractivity contribution in [3.63, 3.8) is 0 Å². The second kappa shape index (κ2) is 7.34. The Morgan fingerprint density at radius 1 is 1.26 bits per heavy atom. The minimum absolute atomic E-state index is 0.143. The minimum atomic E-state index is -0.802. The van der Waals surface area contributed by atoms with Gasteiger partial charge in [0.15, 0.2) is 5.75 Å². The summed E-state index contributed by atoms with van der Waals surface area (Å²) in [6, 6.07) is 8.18. The van der Waals surface area contributed by atoms with E-state index in [1.54, 1.807) is 25.4 Å². The molecule has 1 aliphatic rings. The van der Waals surface area contributed by atoms with Crippen LogP contribution in [-0.4, -0.2) is 33.9 Å². The maximum Gasteiger partial charge on any atom is 0.258 e. The zero-order valence-electron chi connectivity index (χ0n) is 17.9. The van der Waals surface area contributed by atoms with E-state index >= 15 is 0 Å². The van der Waals surface area contributed by atoms with Crippen LogP contribution in [0.25, 0.3) is 10.9 Å². The molecule has 1 aliphatic heterocycles. The monoisotopic (exact) mass is 421 g/mol. The van der Waals surface area contributed by atoms with E-state index < -0.39 is 5.54 Å². The SMILES string of the molecule is CC(=O)NC(C)(C)c1c2c(c(O)c3ncc(Cc4ccc(F)cc4)cc13)C(=O)N(C)C2. The number of phenols is 1. The van der Waals surface area contributed by atoms with Crippen LogP contribution in [0.4, 0.5) is 4.39 Å². The zero-order valence-corrected chi connectivity index (χ0v) is 17.9. The van der Waals surface area contributed by atoms with Gasteiger partial charge >= 0.3 is 0 Å². The Labute approximate surface area is 179 Å². The number of nitrogens with zero attached hydrogens (tertiary/aromatic N) is 2. The van der Waals surface area contributed by atoms with Gasteiger partial charge in [-0.2, -0.15) is 0 Å². The first-order chi connectivity index (χ1) is 14.6. The summed E-state index contributed by atoms with van der Waals surface area (Å²) in [7, 11) is 1.68. The maximum absolute atomic E-state index is 13.3. The van der Waals surface area contributed by atoms with Crippen molar-refractivity contribution in [2.24, 2.45) is 0 Å². The van der Waals surface area contributed by atoms with Crippen LogP contribution in [0.3, 0.4) is 0 Å². The van der Waals surface area contributed by atoms with Gasteiger partial charge in [-0.3, -0.25) is 14.6 Å². The standard InChI is InChI=1S/C24H24FN3O3/c1-13(29)27-24(2,3)20-17-10-15(9-14-5-7-16(25)8-6-14)11-26-21(17)22(30)19-18(20)12-28(4)23(19)31/h5-8,10-11,30H,9,12H2,1-4H3,(H,27,29). The number of hydrogen-bond acceptors (Lipinski definition) is 4. The first-order valence-electron chi connectivity index (χ1n) is 10.0. The largest absolute Gasteiger partial charge is 0.505 e. The van der Waals surface area contributed by atoms with Crippen molar-refractivity contribution in [1.29, 1.82) is 0 Å². The molecule has 0 fully saturated rings. The third-order valence-electron chi connectivity index (χ3n) is 5.67. The van der Waals surface area contributed by atoms with E-state index in [0.717, 1.165) is 16.7 Å². The number of phenolic OH excluding ortho intramolecular Hbond substituents is 1. The molecule has 0 radical (unpaired) electrons. The van der Waals surface area contributed by atoms with Crippen molar-refractivity contribution in [3.05, 3.63) is 70.2 Å². The molecule has 0 atom stereocenters. The summed E-state index contributed by atoms with van der Waals surface area (Å²) in [5, 5.41) is 14.5. The Bertz CT molecular complexity index is 1220. The molecular weight excluding hydrogens is 397 g/mol. The Kier molecular flexibility index (Phi) is 4.92. The lowest BCUT2D eigenvalue weighted by molar-refractivity contribution is -0.120. The molecule has 0 bridgehead atoms. The highest BCUT2D eigenvalue weighted by atomic mass is 19.1. The number of hydrogen-bond donors (Lipinski definition) is 2. The van der Waals surface area contributed by atoms with Gasteiger partial charge in [-0.1, -0.05) is 12.1 Å². The van der Waals surface area contributed by atoms with Crippen LogP contribution in [-0.2, 0) is 23.3 Å². The smallest absolute Gasteiger partial charge is 0.258 e. The topological polar surface area (TPSA) is 82.5 Å². The predicted molar refractivity (Wildman–Crippen MR) is 115 cm³/mol. The van der Waals surface area contributed by atoms with Crippen LogP contribution < -0.4 is 5.32 Å². The number of aromatic hydroxyl groups is 1. The van der Waals surface area contributed by atoms with Crippen molar-refractivity contribution < 1.29 is 19.1 Å². The van der Waals surface area contributed by atoms with Crippen LogP contribution >= 0.6 is 0 Å². The van der Waals surface area contributed by atoms with Gasteiger partial charge in [0.2, 0.25) is 5.91 Å². The Hall–Kier alpha value is -3.48. The van der Waals surface area contributed by atoms with Gasteiger partial charge in [0.25, 0.3) is 5.91 Å². The van der Waals surface area contributed by atoms with Crippen molar-refractivity contribution in [1.82, 2.24) is 15.2 Å². The van der Waals surface area contributed by atoms with Crippen LogP contribution in [0.1, 0.15) is 53.4 Å². The highest BCUT2D eigenvalue weighted by Crippen LogP contribution is 2.43. The number of aromatic nitrogens is 1. The summed E-state index contributed by atoms with van der Waals surface area (Å²) < 4.78 is 13.3. The fourth-order valence-electron chi connectivity index (χ4n) is 4.48. The number of rotatable bonds is 4. The Morgan fingerprint density at radius 3 is 2.58 bits per heavy atom. The van der Waals surface area contributed by atoms with E-state index in [-0.39, 0.29) is 28.9 Å². The number of benzene rings is 2. The molecule has 1 aromatic heterocycles. The average molecular weight is 421 g/mol. The molecule has 0 saturated carbocycles. The van der Waals surface area contributed by atoms with Gasteiger partial charge in [0.05, 0.1) is 11.1 Å². The van der Waals surface area contributed by atoms with E-state index in [4.69, 9.17) is 0 Å². The van der Waals surface area contributed by atoms with Crippen LogP contribution in [0, 0.1) is 5.82 Å². The van der Waals surface area contributed by atoms with E-state index in [1.165, 1.54) is 24.0 Å². The Balaban J connectivity index is 1.95. The van der Waals surface area contributed by atoms with E-state index in [2.05, 4.69) is 10.3 Å². The molecule has 2 heterocycles. The summed E-state index contributed by atoms with van der Waals surface area (Å²) in [4.78, 5) is 30.6. The van der Waals surface area contributed by atoms with Gasteiger partial charge < -0.3 is 15.3 Å². The first-order valence-corrected chi connectivity index (χ1v) is 10.0. The van der Waals surface area contributed by atoms with Gasteiger partial charge in [-0.05, 0) is 60.7 Å². The molecule has 0 aliphatic carbocycles. The maximum atomic E-state index is 13.3. The first kappa shape index (κ1) is 20.8. The highest BCUT2D eigenvalue weighted by Gasteiger charge is 2.38. The van der Waals surface area contributed by atoms with Crippen molar-refractivity contribution in [2.45, 2.75) is 39.3 Å². The molecule has 6 nitrogen and oxygen atoms in total. The summed E-state index contributed by atoms with van der Waals surface area (Å²) in [5.74, 6) is -0.913. The number of amides is 2. The third kappa shape index (κ3) is 3.60. The summed E-state index contributed by atoms with van der Waals surface area (Å²) in [6.45, 7) is 5.52. The predicted octanol–water partition coefficient (Wildman–Crippen LogP) is 3.63. The summed E-state index contributed by atoms with van der Waals surface area (Å²) >= 11 is 0. The van der Waals surface area contributed by atoms with Gasteiger partial charge in [0.1, 0.15) is 11.3 Å². The fraction of sp³-hybridized carbons (Fsp3) is 0.292. The van der Waals surface area contributed by atoms with E-state index in [0.29, 0.717) is 29.4 Å². The van der Waals surface area contributed by atoms with Crippen molar-refractivity contribution in [2.75, 3.05) is 7.05 Å². The lowest BCUT2D eigenvalue weighted by atomic mass is 9.84. The lowest BCUT2D eigenvalue weighted by Gasteiger charge is -2.30. The molecule has 2 amide bonds. The average Bonchev–Trinajstić information content (AvgIpc) is 2.97. The molecule has 0 saturated heterocycles. The number of carbonyl (C=O) groups is 2. The van der Waals surface area contributed by atoms with Crippen molar-refractivity contribution >= 4 is 22.7 Å². The minimum Gasteiger partial charge on any atom is -0.505 e. The molecule has 160 valence electrons. The Morgan fingerprint density at radius 2 is 1.94 bits per heavy atom. The van der Waals surface area contributed by atoms with E-state index in [9.17, 15) is 19.1 Å². The molecule has 0 spiro atoms. The third-order valence-corrected chi connectivity index (χ3v) is 5.67. The molecular formula is C24H24FN3O3. The molecule has 31 heavy (non-hydrogen) atoms. The van der Waals surface area contributed by atoms with Gasteiger partial charge in [-0.25, -0.2) is 4.39 Å². The number of halogens is 1. The van der Waals surface area contributed by atoms with Crippen molar-refractivity contribution in [3.8, 4) is 5.75 Å². The lowest BCUT2D eigenvalue weighted by Crippen LogP contribution is -2.40. The molecule has 7 heteroatoms. The van der Waals surface area contributed by atoms with E-state index in [1.807, 2.05) is 19.9 Å². The summed E-state index contributed by atoms with van der Waals surface area (Å²) in [5.41, 5.74) is 3.00. The normalized spacial score (nSPS) is 13.6. The number of pyridine rings is 1. The molecule has 4 rings (SSSR count). The zero-order chi connectivity index (χ0) is 22.5.